The van der Waals surface area contributed by atoms with Crippen LogP contribution in [-0.2, 0) is 4.74 Å². The minimum atomic E-state index is 0.512. The smallest absolute Gasteiger partial charge is 0.241 e. The first kappa shape index (κ1) is 13.2. The lowest BCUT2D eigenvalue weighted by Crippen LogP contribution is -2.25. The zero-order valence-corrected chi connectivity index (χ0v) is 11.2. The summed E-state index contributed by atoms with van der Waals surface area (Å²) in [5.74, 6) is 1.62. The molecule has 0 amide bonds. The summed E-state index contributed by atoms with van der Waals surface area (Å²) in [5, 5.41) is 2.93. The van der Waals surface area contributed by atoms with Gasteiger partial charge in [-0.05, 0) is 0 Å². The summed E-state index contributed by atoms with van der Waals surface area (Å²) in [5.41, 5.74) is 0. The molecule has 0 aromatic carbocycles. The van der Waals surface area contributed by atoms with Crippen LogP contribution in [0.4, 0.5) is 11.9 Å². The van der Waals surface area contributed by atoms with Gasteiger partial charge >= 0.3 is 0 Å². The summed E-state index contributed by atoms with van der Waals surface area (Å²) in [4.78, 5) is 18.9. The average Bonchev–Trinajstić information content (AvgIpc) is 2.98. The molecule has 0 aliphatic carbocycles. The van der Waals surface area contributed by atoms with Gasteiger partial charge in [0, 0.05) is 40.1 Å². The molecule has 8 nitrogen and oxygen atoms in total. The third-order valence-corrected chi connectivity index (χ3v) is 2.54. The fraction of sp³-hybridized carbons (Fsp3) is 0.455. The molecule has 0 aliphatic heterocycles. The zero-order chi connectivity index (χ0) is 13.7. The van der Waals surface area contributed by atoms with E-state index in [4.69, 9.17) is 4.74 Å². The molecule has 1 N–H and O–H groups in total. The molecule has 0 radical (unpaired) electrons. The Morgan fingerprint density at radius 2 is 2.21 bits per heavy atom. The summed E-state index contributed by atoms with van der Waals surface area (Å²) >= 11 is 0. The maximum atomic E-state index is 5.05. The number of ether oxygens (including phenoxy) is 1. The number of methoxy groups -OCH3 is 1. The topological polar surface area (TPSA) is 81.0 Å². The number of nitrogens with zero attached hydrogens (tertiary/aromatic N) is 6. The number of hydrogen-bond donors (Lipinski definition) is 1. The predicted octanol–water partition coefficient (Wildman–Crippen LogP) is 0.182. The highest BCUT2D eigenvalue weighted by molar-refractivity contribution is 5.39. The molecule has 2 rings (SSSR count). The first-order valence-corrected chi connectivity index (χ1v) is 5.87. The van der Waals surface area contributed by atoms with Crippen LogP contribution in [0.2, 0.25) is 0 Å². The molecule has 0 unspecified atom stereocenters. The molecule has 2 aromatic rings. The summed E-state index contributed by atoms with van der Waals surface area (Å²) in [6.07, 6.45) is 5.11. The number of hydrogen-bond acceptors (Lipinski definition) is 7. The van der Waals surface area contributed by atoms with Gasteiger partial charge in [-0.15, -0.1) is 0 Å². The Morgan fingerprint density at radius 1 is 1.37 bits per heavy atom. The molecule has 102 valence electrons. The normalized spacial score (nSPS) is 10.5. The molecule has 0 saturated carbocycles. The molecule has 2 aromatic heterocycles. The van der Waals surface area contributed by atoms with Gasteiger partial charge in [0.1, 0.15) is 6.33 Å². The van der Waals surface area contributed by atoms with Crippen LogP contribution in [0.3, 0.4) is 0 Å². The van der Waals surface area contributed by atoms with E-state index in [2.05, 4.69) is 25.3 Å². The minimum Gasteiger partial charge on any atom is -0.383 e. The SMILES string of the molecule is CNc1nc(N(C)CCOC)nc(-n2ccnc2)n1. The van der Waals surface area contributed by atoms with Crippen molar-refractivity contribution in [1.29, 1.82) is 0 Å². The molecule has 0 fully saturated rings. The third-order valence-electron chi connectivity index (χ3n) is 2.54. The Bertz CT molecular complexity index is 514. The molecule has 19 heavy (non-hydrogen) atoms. The molecule has 0 bridgehead atoms. The highest BCUT2D eigenvalue weighted by atomic mass is 16.5. The van der Waals surface area contributed by atoms with Crippen molar-refractivity contribution in [1.82, 2.24) is 24.5 Å². The van der Waals surface area contributed by atoms with Crippen molar-refractivity contribution in [3.05, 3.63) is 18.7 Å². The van der Waals surface area contributed by atoms with Crippen molar-refractivity contribution in [2.45, 2.75) is 0 Å². The molecule has 0 spiro atoms. The van der Waals surface area contributed by atoms with E-state index in [1.54, 1.807) is 37.4 Å². The van der Waals surface area contributed by atoms with Gasteiger partial charge in [0.05, 0.1) is 6.61 Å². The van der Waals surface area contributed by atoms with Crippen molar-refractivity contribution < 1.29 is 4.74 Å². The lowest BCUT2D eigenvalue weighted by molar-refractivity contribution is 0.206. The van der Waals surface area contributed by atoms with Crippen LogP contribution in [0, 0.1) is 0 Å². The van der Waals surface area contributed by atoms with E-state index in [1.165, 1.54) is 0 Å². The Hall–Kier alpha value is -2.22. The molecule has 8 heteroatoms. The fourth-order valence-electron chi connectivity index (χ4n) is 1.46. The van der Waals surface area contributed by atoms with Gasteiger partial charge in [-0.1, -0.05) is 0 Å². The highest BCUT2D eigenvalue weighted by Crippen LogP contribution is 2.11. The van der Waals surface area contributed by atoms with E-state index in [0.717, 1.165) is 0 Å². The number of aromatic nitrogens is 5. The van der Waals surface area contributed by atoms with Crippen LogP contribution >= 0.6 is 0 Å². The molecular weight excluding hydrogens is 246 g/mol. The van der Waals surface area contributed by atoms with Crippen LogP contribution in [0.15, 0.2) is 18.7 Å². The number of nitrogens with one attached hydrogen (secondary N) is 1. The quantitative estimate of drug-likeness (QED) is 0.796. The third kappa shape index (κ3) is 3.16. The van der Waals surface area contributed by atoms with Gasteiger partial charge in [-0.2, -0.15) is 15.0 Å². The van der Waals surface area contributed by atoms with Crippen LogP contribution in [0.1, 0.15) is 0 Å². The van der Waals surface area contributed by atoms with E-state index in [9.17, 15) is 0 Å². The van der Waals surface area contributed by atoms with E-state index in [0.29, 0.717) is 31.0 Å². The minimum absolute atomic E-state index is 0.512. The van der Waals surface area contributed by atoms with E-state index in [1.807, 2.05) is 11.9 Å². The van der Waals surface area contributed by atoms with Gasteiger partial charge in [-0.25, -0.2) is 4.98 Å². The molecule has 2 heterocycles. The number of imidazole rings is 1. The van der Waals surface area contributed by atoms with Gasteiger partial charge in [0.25, 0.3) is 0 Å². The van der Waals surface area contributed by atoms with Crippen LogP contribution in [0.25, 0.3) is 5.95 Å². The van der Waals surface area contributed by atoms with Gasteiger partial charge in [0.15, 0.2) is 0 Å². The molecular formula is C11H17N7O. The number of rotatable bonds is 6. The average molecular weight is 263 g/mol. The Labute approximate surface area is 111 Å². The maximum absolute atomic E-state index is 5.05. The van der Waals surface area contributed by atoms with Crippen molar-refractivity contribution >= 4 is 11.9 Å². The van der Waals surface area contributed by atoms with Crippen LogP contribution < -0.4 is 10.2 Å². The second-order valence-corrected chi connectivity index (χ2v) is 3.89. The Balaban J connectivity index is 2.31. The van der Waals surface area contributed by atoms with Crippen molar-refractivity contribution in [3.8, 4) is 5.95 Å². The van der Waals surface area contributed by atoms with Gasteiger partial charge < -0.3 is 15.0 Å². The van der Waals surface area contributed by atoms with Gasteiger partial charge in [-0.3, -0.25) is 4.57 Å². The standard InChI is InChI=1S/C11H17N7O/c1-12-9-14-10(17(2)6-7-19-3)16-11(15-9)18-5-4-13-8-18/h4-5,8H,6-7H2,1-3H3,(H,12,14,15,16). The van der Waals surface area contributed by atoms with Crippen LogP contribution in [-0.4, -0.2) is 58.9 Å². The van der Waals surface area contributed by atoms with Crippen molar-refractivity contribution in [2.24, 2.45) is 0 Å². The van der Waals surface area contributed by atoms with E-state index >= 15 is 0 Å². The summed E-state index contributed by atoms with van der Waals surface area (Å²) < 4.78 is 6.78. The second kappa shape index (κ2) is 6.10. The summed E-state index contributed by atoms with van der Waals surface area (Å²) in [7, 11) is 5.34. The molecule has 0 saturated heterocycles. The summed E-state index contributed by atoms with van der Waals surface area (Å²) in [6.45, 7) is 1.31. The lowest BCUT2D eigenvalue weighted by Gasteiger charge is -2.17. The zero-order valence-electron chi connectivity index (χ0n) is 11.2. The van der Waals surface area contributed by atoms with Crippen molar-refractivity contribution in [3.63, 3.8) is 0 Å². The van der Waals surface area contributed by atoms with E-state index in [-0.39, 0.29) is 0 Å². The Kier molecular flexibility index (Phi) is 4.24. The summed E-state index contributed by atoms with van der Waals surface area (Å²) in [6, 6.07) is 0. The fourth-order valence-corrected chi connectivity index (χ4v) is 1.46. The number of anilines is 2. The Morgan fingerprint density at radius 3 is 2.84 bits per heavy atom. The highest BCUT2D eigenvalue weighted by Gasteiger charge is 2.10. The monoisotopic (exact) mass is 263 g/mol. The first-order valence-electron chi connectivity index (χ1n) is 5.87. The largest absolute Gasteiger partial charge is 0.383 e. The van der Waals surface area contributed by atoms with Crippen molar-refractivity contribution in [2.75, 3.05) is 44.6 Å². The number of likely N-dealkylation sites (N-methyl/N-ethyl adjacent to an activating group) is 1. The van der Waals surface area contributed by atoms with Crippen LogP contribution in [0.5, 0.6) is 0 Å². The first-order chi connectivity index (χ1) is 9.24. The molecule has 0 atom stereocenters. The second-order valence-electron chi connectivity index (χ2n) is 3.89. The van der Waals surface area contributed by atoms with E-state index < -0.39 is 0 Å². The lowest BCUT2D eigenvalue weighted by atomic mass is 10.6. The molecule has 0 aliphatic rings. The maximum Gasteiger partial charge on any atom is 0.241 e. The predicted molar refractivity (Wildman–Crippen MR) is 71.6 cm³/mol. The van der Waals surface area contributed by atoms with Gasteiger partial charge in [0.2, 0.25) is 17.8 Å².